The third kappa shape index (κ3) is 3.72. The van der Waals surface area contributed by atoms with Crippen molar-refractivity contribution in [3.8, 4) is 0 Å². The molecule has 2 unspecified atom stereocenters. The van der Waals surface area contributed by atoms with Crippen LogP contribution in [0.25, 0.3) is 0 Å². The van der Waals surface area contributed by atoms with E-state index in [1.807, 2.05) is 13.8 Å². The number of carbonyl (C=O) groups excluding carboxylic acids is 2. The normalized spacial score (nSPS) is 23.9. The fourth-order valence-corrected chi connectivity index (χ4v) is 2.79. The lowest BCUT2D eigenvalue weighted by Crippen LogP contribution is -2.52. The average molecular weight is 284 g/mol. The Kier molecular flexibility index (Phi) is 5.99. The molecule has 116 valence electrons. The second-order valence-corrected chi connectivity index (χ2v) is 6.42. The molecular formula is C15H28N2O3. The molecule has 1 fully saturated rings. The first-order valence-corrected chi connectivity index (χ1v) is 7.43. The van der Waals surface area contributed by atoms with Crippen molar-refractivity contribution in [2.45, 2.75) is 46.6 Å². The molecule has 1 heterocycles. The van der Waals surface area contributed by atoms with Crippen molar-refractivity contribution in [3.63, 3.8) is 0 Å². The van der Waals surface area contributed by atoms with Crippen LogP contribution < -0.4 is 10.6 Å². The summed E-state index contributed by atoms with van der Waals surface area (Å²) in [4.78, 5) is 24.5. The van der Waals surface area contributed by atoms with Crippen LogP contribution in [0.3, 0.4) is 0 Å². The third-order valence-electron chi connectivity index (χ3n) is 4.24. The molecule has 0 aromatic rings. The number of esters is 1. The highest BCUT2D eigenvalue weighted by molar-refractivity contribution is 5.88. The highest BCUT2D eigenvalue weighted by Crippen LogP contribution is 2.34. The zero-order valence-electron chi connectivity index (χ0n) is 13.3. The van der Waals surface area contributed by atoms with E-state index in [1.54, 1.807) is 0 Å². The molecule has 0 aromatic heterocycles. The number of methoxy groups -OCH3 is 1. The minimum absolute atomic E-state index is 0.0337. The van der Waals surface area contributed by atoms with Gasteiger partial charge in [0, 0.05) is 6.54 Å². The first-order valence-electron chi connectivity index (χ1n) is 7.43. The Morgan fingerprint density at radius 2 is 1.95 bits per heavy atom. The van der Waals surface area contributed by atoms with Gasteiger partial charge in [0.1, 0.15) is 6.04 Å². The average Bonchev–Trinajstić information content (AvgIpc) is 2.87. The smallest absolute Gasteiger partial charge is 0.328 e. The standard InChI is InChI=1S/C15H28N2O3/c1-10(2)8-12(13(18)20-5)17-14(19)15(11(3)4)6-7-16-9-15/h10-12,16H,6-9H2,1-5H3,(H,17,19). The molecule has 0 aliphatic carbocycles. The Labute approximate surface area is 121 Å². The van der Waals surface area contributed by atoms with E-state index >= 15 is 0 Å². The van der Waals surface area contributed by atoms with E-state index < -0.39 is 11.5 Å². The lowest BCUT2D eigenvalue weighted by molar-refractivity contribution is -0.147. The topological polar surface area (TPSA) is 67.4 Å². The van der Waals surface area contributed by atoms with Crippen LogP contribution in [0.4, 0.5) is 0 Å². The number of nitrogens with one attached hydrogen (secondary N) is 2. The Balaban J connectivity index is 2.81. The summed E-state index contributed by atoms with van der Waals surface area (Å²) in [7, 11) is 1.36. The molecular weight excluding hydrogens is 256 g/mol. The van der Waals surface area contributed by atoms with E-state index in [1.165, 1.54) is 7.11 Å². The first-order chi connectivity index (χ1) is 9.33. The Morgan fingerprint density at radius 3 is 2.35 bits per heavy atom. The van der Waals surface area contributed by atoms with Gasteiger partial charge in [-0.3, -0.25) is 4.79 Å². The maximum atomic E-state index is 12.7. The zero-order valence-corrected chi connectivity index (χ0v) is 13.3. The molecule has 1 aliphatic rings. The van der Waals surface area contributed by atoms with Gasteiger partial charge in [0.05, 0.1) is 12.5 Å². The van der Waals surface area contributed by atoms with Crippen LogP contribution in [0, 0.1) is 17.3 Å². The van der Waals surface area contributed by atoms with Gasteiger partial charge in [-0.1, -0.05) is 27.7 Å². The fraction of sp³-hybridized carbons (Fsp3) is 0.867. The molecule has 0 spiro atoms. The minimum atomic E-state index is -0.552. The van der Waals surface area contributed by atoms with E-state index in [9.17, 15) is 9.59 Å². The minimum Gasteiger partial charge on any atom is -0.467 e. The monoisotopic (exact) mass is 284 g/mol. The maximum Gasteiger partial charge on any atom is 0.328 e. The molecule has 1 rings (SSSR count). The number of hydrogen-bond acceptors (Lipinski definition) is 4. The van der Waals surface area contributed by atoms with Crippen LogP contribution >= 0.6 is 0 Å². The molecule has 2 atom stereocenters. The van der Waals surface area contributed by atoms with Crippen molar-refractivity contribution >= 4 is 11.9 Å². The largest absolute Gasteiger partial charge is 0.467 e. The zero-order chi connectivity index (χ0) is 15.3. The summed E-state index contributed by atoms with van der Waals surface area (Å²) in [5, 5.41) is 6.17. The maximum absolute atomic E-state index is 12.7. The molecule has 0 aromatic carbocycles. The van der Waals surface area contributed by atoms with Crippen LogP contribution in [0.5, 0.6) is 0 Å². The molecule has 0 radical (unpaired) electrons. The molecule has 0 bridgehead atoms. The highest BCUT2D eigenvalue weighted by atomic mass is 16.5. The van der Waals surface area contributed by atoms with Crippen LogP contribution in [-0.2, 0) is 14.3 Å². The molecule has 1 saturated heterocycles. The lowest BCUT2D eigenvalue weighted by Gasteiger charge is -2.32. The number of hydrogen-bond donors (Lipinski definition) is 2. The summed E-state index contributed by atoms with van der Waals surface area (Å²) >= 11 is 0. The molecule has 1 amide bonds. The van der Waals surface area contributed by atoms with Crippen molar-refractivity contribution in [1.82, 2.24) is 10.6 Å². The lowest BCUT2D eigenvalue weighted by atomic mass is 9.75. The van der Waals surface area contributed by atoms with Crippen molar-refractivity contribution in [3.05, 3.63) is 0 Å². The van der Waals surface area contributed by atoms with Crippen molar-refractivity contribution in [2.75, 3.05) is 20.2 Å². The van der Waals surface area contributed by atoms with E-state index in [4.69, 9.17) is 4.74 Å². The van der Waals surface area contributed by atoms with Gasteiger partial charge >= 0.3 is 5.97 Å². The molecule has 20 heavy (non-hydrogen) atoms. The van der Waals surface area contributed by atoms with Crippen molar-refractivity contribution < 1.29 is 14.3 Å². The SMILES string of the molecule is COC(=O)C(CC(C)C)NC(=O)C1(C(C)C)CCNC1. The second kappa shape index (κ2) is 7.07. The summed E-state index contributed by atoms with van der Waals surface area (Å²) in [6.07, 6.45) is 1.41. The summed E-state index contributed by atoms with van der Waals surface area (Å²) < 4.78 is 4.80. The van der Waals surface area contributed by atoms with E-state index in [0.717, 1.165) is 13.0 Å². The van der Waals surface area contributed by atoms with Crippen LogP contribution in [-0.4, -0.2) is 38.1 Å². The molecule has 1 aliphatic heterocycles. The summed E-state index contributed by atoms with van der Waals surface area (Å²) in [6, 6.07) is -0.552. The third-order valence-corrected chi connectivity index (χ3v) is 4.24. The van der Waals surface area contributed by atoms with Gasteiger partial charge in [0.25, 0.3) is 0 Å². The van der Waals surface area contributed by atoms with Gasteiger partial charge in [-0.2, -0.15) is 0 Å². The Morgan fingerprint density at radius 1 is 1.30 bits per heavy atom. The van der Waals surface area contributed by atoms with Gasteiger partial charge < -0.3 is 15.4 Å². The Hall–Kier alpha value is -1.10. The quantitative estimate of drug-likeness (QED) is 0.722. The van der Waals surface area contributed by atoms with Gasteiger partial charge in [-0.15, -0.1) is 0 Å². The van der Waals surface area contributed by atoms with E-state index in [-0.39, 0.29) is 17.8 Å². The second-order valence-electron chi connectivity index (χ2n) is 6.42. The number of rotatable bonds is 6. The Bertz CT molecular complexity index is 347. The van der Waals surface area contributed by atoms with E-state index in [0.29, 0.717) is 18.9 Å². The molecule has 0 saturated carbocycles. The molecule has 5 heteroatoms. The van der Waals surface area contributed by atoms with Gasteiger partial charge in [-0.05, 0) is 31.2 Å². The number of carbonyl (C=O) groups is 2. The number of ether oxygens (including phenoxy) is 1. The predicted octanol–water partition coefficient (Wildman–Crippen LogP) is 1.33. The predicted molar refractivity (Wildman–Crippen MR) is 78.2 cm³/mol. The molecule has 2 N–H and O–H groups in total. The van der Waals surface area contributed by atoms with E-state index in [2.05, 4.69) is 24.5 Å². The van der Waals surface area contributed by atoms with Gasteiger partial charge in [0.15, 0.2) is 0 Å². The summed E-state index contributed by atoms with van der Waals surface area (Å²) in [6.45, 7) is 9.68. The number of amides is 1. The summed E-state index contributed by atoms with van der Waals surface area (Å²) in [5.74, 6) is 0.149. The highest BCUT2D eigenvalue weighted by Gasteiger charge is 2.45. The van der Waals surface area contributed by atoms with Gasteiger partial charge in [-0.25, -0.2) is 4.79 Å². The van der Waals surface area contributed by atoms with Crippen LogP contribution in [0.15, 0.2) is 0 Å². The van der Waals surface area contributed by atoms with Gasteiger partial charge in [0.2, 0.25) is 5.91 Å². The molecule has 5 nitrogen and oxygen atoms in total. The van der Waals surface area contributed by atoms with Crippen molar-refractivity contribution in [1.29, 1.82) is 0 Å². The van der Waals surface area contributed by atoms with Crippen LogP contribution in [0.1, 0.15) is 40.5 Å². The fourth-order valence-electron chi connectivity index (χ4n) is 2.79. The van der Waals surface area contributed by atoms with Crippen molar-refractivity contribution in [2.24, 2.45) is 17.3 Å². The first kappa shape index (κ1) is 17.0. The van der Waals surface area contributed by atoms with Crippen LogP contribution in [0.2, 0.25) is 0 Å². The summed E-state index contributed by atoms with van der Waals surface area (Å²) in [5.41, 5.74) is -0.413.